The molecule has 1 aromatic rings. The first kappa shape index (κ1) is 14.0. The Morgan fingerprint density at radius 3 is 3.10 bits per heavy atom. The summed E-state index contributed by atoms with van der Waals surface area (Å²) in [4.78, 5) is 11.4. The van der Waals surface area contributed by atoms with Gasteiger partial charge in [0.05, 0.1) is 5.69 Å². The van der Waals surface area contributed by atoms with Crippen LogP contribution in [0.3, 0.4) is 0 Å². The van der Waals surface area contributed by atoms with E-state index in [-0.39, 0.29) is 12.5 Å². The third-order valence-electron chi connectivity index (χ3n) is 4.09. The third-order valence-corrected chi connectivity index (χ3v) is 4.09. The van der Waals surface area contributed by atoms with Crippen molar-refractivity contribution in [2.24, 2.45) is 11.8 Å². The van der Waals surface area contributed by atoms with E-state index >= 15 is 0 Å². The molecule has 112 valence electrons. The molecule has 2 atom stereocenters. The van der Waals surface area contributed by atoms with Gasteiger partial charge in [-0.05, 0) is 49.8 Å². The number of allylic oxidation sites excluding steroid dienone is 2. The number of fused-ring (bicyclic) bond motifs is 1. The molecular weight excluding hydrogens is 264 g/mol. The van der Waals surface area contributed by atoms with E-state index in [0.717, 1.165) is 23.7 Å². The Hall–Kier alpha value is -1.97. The number of rotatable bonds is 3. The lowest BCUT2D eigenvalue weighted by atomic mass is 9.84. The molecule has 2 N–H and O–H groups in total. The number of nitrogens with one attached hydrogen (secondary N) is 2. The van der Waals surface area contributed by atoms with Crippen molar-refractivity contribution in [3.63, 3.8) is 0 Å². The quantitative estimate of drug-likeness (QED) is 0.837. The average molecular weight is 286 g/mol. The van der Waals surface area contributed by atoms with Crippen molar-refractivity contribution in [3.05, 3.63) is 29.8 Å². The Morgan fingerprint density at radius 2 is 2.29 bits per heavy atom. The molecule has 0 saturated carbocycles. The van der Waals surface area contributed by atoms with Gasteiger partial charge in [-0.15, -0.1) is 0 Å². The monoisotopic (exact) mass is 286 g/mol. The largest absolute Gasteiger partial charge is 0.482 e. The van der Waals surface area contributed by atoms with Crippen LogP contribution in [-0.4, -0.2) is 19.1 Å². The van der Waals surface area contributed by atoms with Crippen LogP contribution in [0.1, 0.15) is 26.7 Å². The van der Waals surface area contributed by atoms with Gasteiger partial charge in [0.25, 0.3) is 5.91 Å². The van der Waals surface area contributed by atoms with E-state index in [2.05, 4.69) is 30.6 Å². The molecule has 2 unspecified atom stereocenters. The molecule has 4 heteroatoms. The van der Waals surface area contributed by atoms with Gasteiger partial charge in [-0.25, -0.2) is 0 Å². The van der Waals surface area contributed by atoms with Crippen LogP contribution in [0.25, 0.3) is 0 Å². The van der Waals surface area contributed by atoms with Crippen LogP contribution < -0.4 is 15.4 Å². The minimum absolute atomic E-state index is 0.0958. The summed E-state index contributed by atoms with van der Waals surface area (Å²) in [5.41, 5.74) is 3.27. The van der Waals surface area contributed by atoms with Crippen molar-refractivity contribution in [3.8, 4) is 5.75 Å². The lowest BCUT2D eigenvalue weighted by Crippen LogP contribution is -2.25. The summed E-state index contributed by atoms with van der Waals surface area (Å²) in [5, 5.41) is 6.33. The second-order valence-electron chi connectivity index (χ2n) is 6.22. The fourth-order valence-electron chi connectivity index (χ4n) is 3.30. The van der Waals surface area contributed by atoms with Crippen molar-refractivity contribution >= 4 is 17.3 Å². The van der Waals surface area contributed by atoms with Gasteiger partial charge in [0.1, 0.15) is 5.75 Å². The van der Waals surface area contributed by atoms with Crippen molar-refractivity contribution in [2.45, 2.75) is 26.7 Å². The molecule has 0 spiro atoms. The summed E-state index contributed by atoms with van der Waals surface area (Å²) in [7, 11) is 0. The van der Waals surface area contributed by atoms with Crippen LogP contribution in [0, 0.1) is 11.8 Å². The van der Waals surface area contributed by atoms with Crippen LogP contribution in [-0.2, 0) is 4.79 Å². The molecule has 21 heavy (non-hydrogen) atoms. The highest BCUT2D eigenvalue weighted by Crippen LogP contribution is 2.32. The molecule has 0 fully saturated rings. The Labute approximate surface area is 125 Å². The first-order chi connectivity index (χ1) is 10.1. The number of carbonyl (C=O) groups is 1. The molecular formula is C17H22N2O2. The maximum atomic E-state index is 11.4. The maximum Gasteiger partial charge on any atom is 0.262 e. The standard InChI is InChI=1S/C17H22N2O2/c1-11-5-12(2)7-13(6-11)9-18-14-3-4-16-15(8-14)19-17(20)10-21-16/h3-5,8,11,13,18H,6-7,9-10H2,1-2H3,(H,19,20). The second kappa shape index (κ2) is 5.80. The van der Waals surface area contributed by atoms with E-state index < -0.39 is 0 Å². The van der Waals surface area contributed by atoms with Gasteiger partial charge in [-0.1, -0.05) is 18.6 Å². The average Bonchev–Trinajstić information content (AvgIpc) is 2.43. The van der Waals surface area contributed by atoms with Crippen molar-refractivity contribution in [2.75, 3.05) is 23.8 Å². The van der Waals surface area contributed by atoms with E-state index in [1.54, 1.807) is 0 Å². The van der Waals surface area contributed by atoms with Gasteiger partial charge in [0.15, 0.2) is 6.61 Å². The normalized spacial score (nSPS) is 24.5. The summed E-state index contributed by atoms with van der Waals surface area (Å²) in [6.07, 6.45) is 4.78. The topological polar surface area (TPSA) is 50.4 Å². The van der Waals surface area contributed by atoms with Gasteiger partial charge in [-0.2, -0.15) is 0 Å². The SMILES string of the molecule is CC1=CC(C)CC(CNc2ccc3c(c2)NC(=O)CO3)C1. The Balaban J connectivity index is 1.62. The van der Waals surface area contributed by atoms with Crippen LogP contribution in [0.5, 0.6) is 5.75 Å². The number of benzene rings is 1. The fraction of sp³-hybridized carbons (Fsp3) is 0.471. The first-order valence-corrected chi connectivity index (χ1v) is 7.58. The van der Waals surface area contributed by atoms with E-state index in [1.165, 1.54) is 18.4 Å². The van der Waals surface area contributed by atoms with Crippen molar-refractivity contribution in [1.82, 2.24) is 0 Å². The second-order valence-corrected chi connectivity index (χ2v) is 6.22. The van der Waals surface area contributed by atoms with Crippen molar-refractivity contribution < 1.29 is 9.53 Å². The molecule has 2 aliphatic rings. The maximum absolute atomic E-state index is 11.4. The van der Waals surface area contributed by atoms with Gasteiger partial charge < -0.3 is 15.4 Å². The third kappa shape index (κ3) is 3.38. The van der Waals surface area contributed by atoms with Crippen LogP contribution in [0.2, 0.25) is 0 Å². The van der Waals surface area contributed by atoms with Crippen LogP contribution >= 0.6 is 0 Å². The van der Waals surface area contributed by atoms with E-state index in [1.807, 2.05) is 18.2 Å². The van der Waals surface area contributed by atoms with Gasteiger partial charge >= 0.3 is 0 Å². The fourth-order valence-corrected chi connectivity index (χ4v) is 3.30. The van der Waals surface area contributed by atoms with E-state index in [9.17, 15) is 4.79 Å². The number of anilines is 2. The molecule has 0 saturated heterocycles. The summed E-state index contributed by atoms with van der Waals surface area (Å²) in [6, 6.07) is 5.86. The predicted octanol–water partition coefficient (Wildman–Crippen LogP) is 3.42. The number of carbonyl (C=O) groups excluding carboxylic acids is 1. The molecule has 1 amide bonds. The van der Waals surface area contributed by atoms with E-state index in [4.69, 9.17) is 4.74 Å². The molecule has 1 aliphatic carbocycles. The Bertz CT molecular complexity index is 580. The van der Waals surface area contributed by atoms with E-state index in [0.29, 0.717) is 11.8 Å². The number of ether oxygens (including phenoxy) is 1. The highest BCUT2D eigenvalue weighted by Gasteiger charge is 2.19. The summed E-state index contributed by atoms with van der Waals surface area (Å²) in [5.74, 6) is 1.99. The zero-order chi connectivity index (χ0) is 14.8. The van der Waals surface area contributed by atoms with Gasteiger partial charge in [0, 0.05) is 12.2 Å². The molecule has 0 aromatic heterocycles. The van der Waals surface area contributed by atoms with Crippen LogP contribution in [0.4, 0.5) is 11.4 Å². The molecule has 3 rings (SSSR count). The molecule has 1 heterocycles. The lowest BCUT2D eigenvalue weighted by Gasteiger charge is -2.26. The number of amides is 1. The zero-order valence-corrected chi connectivity index (χ0v) is 12.6. The summed E-state index contributed by atoms with van der Waals surface area (Å²) < 4.78 is 5.37. The lowest BCUT2D eigenvalue weighted by molar-refractivity contribution is -0.118. The Morgan fingerprint density at radius 1 is 1.43 bits per heavy atom. The molecule has 0 bridgehead atoms. The molecule has 1 aliphatic heterocycles. The smallest absolute Gasteiger partial charge is 0.262 e. The summed E-state index contributed by atoms with van der Waals surface area (Å²) >= 11 is 0. The predicted molar refractivity (Wildman–Crippen MR) is 84.7 cm³/mol. The molecule has 0 radical (unpaired) electrons. The molecule has 1 aromatic carbocycles. The summed E-state index contributed by atoms with van der Waals surface area (Å²) in [6.45, 7) is 5.56. The Kier molecular flexibility index (Phi) is 3.86. The van der Waals surface area contributed by atoms with Gasteiger partial charge in [0.2, 0.25) is 0 Å². The number of hydrogen-bond acceptors (Lipinski definition) is 3. The van der Waals surface area contributed by atoms with Gasteiger partial charge in [-0.3, -0.25) is 4.79 Å². The minimum Gasteiger partial charge on any atom is -0.482 e. The highest BCUT2D eigenvalue weighted by atomic mass is 16.5. The first-order valence-electron chi connectivity index (χ1n) is 7.58. The highest BCUT2D eigenvalue weighted by molar-refractivity contribution is 5.96. The van der Waals surface area contributed by atoms with Crippen molar-refractivity contribution in [1.29, 1.82) is 0 Å². The zero-order valence-electron chi connectivity index (χ0n) is 12.6. The number of hydrogen-bond donors (Lipinski definition) is 2. The molecule has 4 nitrogen and oxygen atoms in total. The van der Waals surface area contributed by atoms with Crippen LogP contribution in [0.15, 0.2) is 29.8 Å². The minimum atomic E-state index is -0.0958.